The van der Waals surface area contributed by atoms with Gasteiger partial charge >= 0.3 is 0 Å². The Bertz CT molecular complexity index is 928. The van der Waals surface area contributed by atoms with E-state index in [4.69, 9.17) is 0 Å². The van der Waals surface area contributed by atoms with Crippen LogP contribution in [0.2, 0.25) is 0 Å². The van der Waals surface area contributed by atoms with Gasteiger partial charge in [-0.3, -0.25) is 10.1 Å². The minimum atomic E-state index is -1.23. The zero-order valence-corrected chi connectivity index (χ0v) is 16.6. The van der Waals surface area contributed by atoms with Crippen LogP contribution in [0.15, 0.2) is 48.7 Å². The van der Waals surface area contributed by atoms with Crippen LogP contribution in [-0.2, 0) is 11.2 Å². The van der Waals surface area contributed by atoms with Crippen molar-refractivity contribution in [1.29, 1.82) is 0 Å². The second kappa shape index (κ2) is 9.06. The monoisotopic (exact) mass is 410 g/mol. The summed E-state index contributed by atoms with van der Waals surface area (Å²) in [6.45, 7) is 1.88. The summed E-state index contributed by atoms with van der Waals surface area (Å²) in [6.07, 6.45) is 3.38. The predicted octanol–water partition coefficient (Wildman–Crippen LogP) is 2.46. The number of carbonyl (C=O) groups excluding carboxylic acids is 1. The van der Waals surface area contributed by atoms with Crippen LogP contribution in [-0.4, -0.2) is 44.5 Å². The van der Waals surface area contributed by atoms with E-state index in [0.29, 0.717) is 16.6 Å². The summed E-state index contributed by atoms with van der Waals surface area (Å²) < 4.78 is 0. The highest BCUT2D eigenvalue weighted by molar-refractivity contribution is 7.15. The van der Waals surface area contributed by atoms with E-state index in [1.54, 1.807) is 30.5 Å². The summed E-state index contributed by atoms with van der Waals surface area (Å²) in [7, 11) is 0. The number of hydrogen-bond donors (Lipinski definition) is 2. The first kappa shape index (κ1) is 19.4. The smallest absolute Gasteiger partial charge is 0.259 e. The van der Waals surface area contributed by atoms with Crippen LogP contribution in [0.1, 0.15) is 29.5 Å². The lowest BCUT2D eigenvalue weighted by Gasteiger charge is -2.32. The average Bonchev–Trinajstić information content (AvgIpc) is 3.21. The summed E-state index contributed by atoms with van der Waals surface area (Å²) in [4.78, 5) is 14.5. The third kappa shape index (κ3) is 4.93. The lowest BCUT2D eigenvalue weighted by molar-refractivity contribution is -0.124. The number of aliphatic hydroxyl groups is 1. The van der Waals surface area contributed by atoms with E-state index in [2.05, 4.69) is 30.6 Å². The number of amides is 1. The lowest BCUT2D eigenvalue weighted by Crippen LogP contribution is -2.34. The SMILES string of the molecule is O=C(Nc1nnc(CC2CCN(c3cccnn3)CC2)s1)C(O)c1ccccc1. The number of carbonyl (C=O) groups is 1. The number of piperidine rings is 1. The van der Waals surface area contributed by atoms with Crippen molar-refractivity contribution in [2.75, 3.05) is 23.3 Å². The average molecular weight is 411 g/mol. The van der Waals surface area contributed by atoms with Gasteiger partial charge in [0.1, 0.15) is 5.01 Å². The van der Waals surface area contributed by atoms with Gasteiger partial charge in [0.25, 0.3) is 5.91 Å². The van der Waals surface area contributed by atoms with Gasteiger partial charge in [-0.25, -0.2) is 0 Å². The number of aliphatic hydroxyl groups excluding tert-OH is 1. The first-order valence-electron chi connectivity index (χ1n) is 9.58. The van der Waals surface area contributed by atoms with E-state index in [-0.39, 0.29) is 0 Å². The number of hydrogen-bond acceptors (Lipinski definition) is 8. The molecule has 2 aromatic heterocycles. The molecule has 1 fully saturated rings. The first-order chi connectivity index (χ1) is 14.2. The van der Waals surface area contributed by atoms with Gasteiger partial charge in [-0.05, 0) is 36.5 Å². The molecule has 1 aliphatic rings. The molecule has 1 unspecified atom stereocenters. The van der Waals surface area contributed by atoms with Crippen molar-refractivity contribution in [1.82, 2.24) is 20.4 Å². The number of nitrogens with one attached hydrogen (secondary N) is 1. The van der Waals surface area contributed by atoms with Gasteiger partial charge in [-0.2, -0.15) is 5.10 Å². The van der Waals surface area contributed by atoms with E-state index < -0.39 is 12.0 Å². The summed E-state index contributed by atoms with van der Waals surface area (Å²) in [5.74, 6) is 0.939. The third-order valence-electron chi connectivity index (χ3n) is 5.02. The summed E-state index contributed by atoms with van der Waals surface area (Å²) >= 11 is 1.36. The third-order valence-corrected chi connectivity index (χ3v) is 5.88. The van der Waals surface area contributed by atoms with Gasteiger partial charge in [0.05, 0.1) is 0 Å². The molecule has 3 heterocycles. The van der Waals surface area contributed by atoms with Crippen LogP contribution in [0.4, 0.5) is 10.9 Å². The molecule has 1 atom stereocenters. The van der Waals surface area contributed by atoms with Gasteiger partial charge < -0.3 is 10.0 Å². The van der Waals surface area contributed by atoms with E-state index in [1.165, 1.54) is 11.3 Å². The number of anilines is 2. The maximum Gasteiger partial charge on any atom is 0.259 e. The molecule has 3 aromatic rings. The summed E-state index contributed by atoms with van der Waals surface area (Å²) in [5.41, 5.74) is 0.546. The molecule has 9 heteroatoms. The van der Waals surface area contributed by atoms with Gasteiger partial charge in [-0.1, -0.05) is 41.7 Å². The van der Waals surface area contributed by atoms with Crippen LogP contribution in [0.5, 0.6) is 0 Å². The molecule has 150 valence electrons. The molecule has 0 radical (unpaired) electrons. The molecule has 1 amide bonds. The minimum Gasteiger partial charge on any atom is -0.378 e. The number of benzene rings is 1. The van der Waals surface area contributed by atoms with E-state index in [1.807, 2.05) is 18.2 Å². The Labute approximate surface area is 172 Å². The molecule has 0 spiro atoms. The molecular weight excluding hydrogens is 388 g/mol. The largest absolute Gasteiger partial charge is 0.378 e. The van der Waals surface area contributed by atoms with E-state index >= 15 is 0 Å². The van der Waals surface area contributed by atoms with Gasteiger partial charge in [0.2, 0.25) is 5.13 Å². The van der Waals surface area contributed by atoms with Crippen molar-refractivity contribution in [3.63, 3.8) is 0 Å². The molecule has 0 aliphatic carbocycles. The van der Waals surface area contributed by atoms with Gasteiger partial charge in [0, 0.05) is 25.7 Å². The van der Waals surface area contributed by atoms with Gasteiger partial charge in [0.15, 0.2) is 11.9 Å². The fourth-order valence-electron chi connectivity index (χ4n) is 3.42. The van der Waals surface area contributed by atoms with Crippen LogP contribution >= 0.6 is 11.3 Å². The molecule has 2 N–H and O–H groups in total. The number of aromatic nitrogens is 4. The molecule has 1 aromatic carbocycles. The van der Waals surface area contributed by atoms with Crippen molar-refractivity contribution < 1.29 is 9.90 Å². The van der Waals surface area contributed by atoms with Gasteiger partial charge in [-0.15, -0.1) is 15.3 Å². The Balaban J connectivity index is 1.28. The Kier molecular flexibility index (Phi) is 6.06. The molecule has 0 saturated carbocycles. The molecule has 1 aliphatic heterocycles. The summed E-state index contributed by atoms with van der Waals surface area (Å²) in [6, 6.07) is 12.7. The highest BCUT2D eigenvalue weighted by atomic mass is 32.1. The van der Waals surface area contributed by atoms with Crippen molar-refractivity contribution >= 4 is 28.2 Å². The predicted molar refractivity (Wildman–Crippen MR) is 111 cm³/mol. The van der Waals surface area contributed by atoms with Crippen molar-refractivity contribution in [2.24, 2.45) is 5.92 Å². The van der Waals surface area contributed by atoms with Crippen molar-refractivity contribution in [3.8, 4) is 0 Å². The Hall–Kier alpha value is -2.91. The van der Waals surface area contributed by atoms with Crippen molar-refractivity contribution in [2.45, 2.75) is 25.4 Å². The quantitative estimate of drug-likeness (QED) is 0.643. The van der Waals surface area contributed by atoms with Crippen molar-refractivity contribution in [3.05, 3.63) is 59.2 Å². The van der Waals surface area contributed by atoms with Crippen LogP contribution in [0, 0.1) is 5.92 Å². The normalized spacial score (nSPS) is 15.8. The van der Waals surface area contributed by atoms with Crippen LogP contribution < -0.4 is 10.2 Å². The molecule has 0 bridgehead atoms. The maximum absolute atomic E-state index is 12.2. The Morgan fingerprint density at radius 1 is 1.14 bits per heavy atom. The highest BCUT2D eigenvalue weighted by Gasteiger charge is 2.23. The molecule has 29 heavy (non-hydrogen) atoms. The highest BCUT2D eigenvalue weighted by Crippen LogP contribution is 2.27. The molecule has 8 nitrogen and oxygen atoms in total. The lowest BCUT2D eigenvalue weighted by atomic mass is 9.94. The molecular formula is C20H22N6O2S. The second-order valence-corrected chi connectivity index (χ2v) is 8.08. The zero-order valence-electron chi connectivity index (χ0n) is 15.8. The standard InChI is InChI=1S/C20H22N6O2S/c27-18(15-5-2-1-3-6-15)19(28)22-20-25-24-17(29-20)13-14-8-11-26(12-9-14)16-7-4-10-21-23-16/h1-7,10,14,18,27H,8-9,11-13H2,(H,22,25,28). The Morgan fingerprint density at radius 2 is 1.93 bits per heavy atom. The van der Waals surface area contributed by atoms with Crippen LogP contribution in [0.25, 0.3) is 0 Å². The minimum absolute atomic E-state index is 0.414. The second-order valence-electron chi connectivity index (χ2n) is 7.02. The summed E-state index contributed by atoms with van der Waals surface area (Å²) in [5, 5.41) is 30.5. The zero-order chi connectivity index (χ0) is 20.1. The maximum atomic E-state index is 12.2. The topological polar surface area (TPSA) is 104 Å². The first-order valence-corrected chi connectivity index (χ1v) is 10.4. The Morgan fingerprint density at radius 3 is 2.66 bits per heavy atom. The van der Waals surface area contributed by atoms with E-state index in [0.717, 1.165) is 43.2 Å². The van der Waals surface area contributed by atoms with E-state index in [9.17, 15) is 9.90 Å². The van der Waals surface area contributed by atoms with Crippen LogP contribution in [0.3, 0.4) is 0 Å². The fraction of sp³-hybridized carbons (Fsp3) is 0.350. The molecule has 4 rings (SSSR count). The molecule has 1 saturated heterocycles. The number of nitrogens with zero attached hydrogens (tertiary/aromatic N) is 5. The fourth-order valence-corrected chi connectivity index (χ4v) is 4.28. The number of rotatable bonds is 6.